The fraction of sp³-hybridized carbons (Fsp3) is 0.200. The number of benzene rings is 2. The van der Waals surface area contributed by atoms with Gasteiger partial charge in [0.05, 0.1) is 10.6 Å². The lowest BCUT2D eigenvalue weighted by molar-refractivity contribution is 0.0698. The topological polar surface area (TPSA) is 156 Å². The molecule has 11 heteroatoms. The van der Waals surface area contributed by atoms with Gasteiger partial charge in [0.25, 0.3) is 5.91 Å². The van der Waals surface area contributed by atoms with E-state index in [9.17, 15) is 13.2 Å². The second-order valence-corrected chi connectivity index (χ2v) is 8.63. The number of nitrogens with zero attached hydrogens (tertiary/aromatic N) is 4. The minimum atomic E-state index is -3.78. The third kappa shape index (κ3) is 5.06. The average Bonchev–Trinajstić information content (AvgIpc) is 2.79. The maximum absolute atomic E-state index is 13.0. The maximum Gasteiger partial charge on any atom is 0.253 e. The van der Waals surface area contributed by atoms with Crippen LogP contribution in [0.1, 0.15) is 10.4 Å². The van der Waals surface area contributed by atoms with Crippen molar-refractivity contribution < 1.29 is 13.2 Å². The van der Waals surface area contributed by atoms with Crippen molar-refractivity contribution in [2.75, 3.05) is 31.6 Å². The lowest BCUT2D eigenvalue weighted by Crippen LogP contribution is -2.50. The van der Waals surface area contributed by atoms with E-state index in [1.54, 1.807) is 47.4 Å². The number of piperazine rings is 1. The first-order chi connectivity index (χ1) is 14.8. The van der Waals surface area contributed by atoms with Crippen LogP contribution >= 0.6 is 0 Å². The summed E-state index contributed by atoms with van der Waals surface area (Å²) >= 11 is 0. The third-order valence-corrected chi connectivity index (χ3v) is 6.57. The van der Waals surface area contributed by atoms with E-state index >= 15 is 0 Å². The zero-order valence-corrected chi connectivity index (χ0v) is 17.3. The fourth-order valence-electron chi connectivity index (χ4n) is 3.04. The van der Waals surface area contributed by atoms with Crippen molar-refractivity contribution in [1.82, 2.24) is 9.21 Å². The molecule has 10 nitrogen and oxygen atoms in total. The number of nitrogens with one attached hydrogen (secondary N) is 2. The summed E-state index contributed by atoms with van der Waals surface area (Å²) in [5.74, 6) is -0.623. The summed E-state index contributed by atoms with van der Waals surface area (Å²) in [6, 6.07) is 16.5. The van der Waals surface area contributed by atoms with E-state index in [-0.39, 0.29) is 29.6 Å². The molecule has 0 aliphatic carbocycles. The van der Waals surface area contributed by atoms with E-state index in [2.05, 4.69) is 10.5 Å². The number of hydrazone groups is 1. The lowest BCUT2D eigenvalue weighted by atomic mass is 10.2. The van der Waals surface area contributed by atoms with E-state index in [1.807, 2.05) is 6.07 Å². The predicted octanol–water partition coefficient (Wildman–Crippen LogP) is 1.06. The summed E-state index contributed by atoms with van der Waals surface area (Å²) in [6.45, 7) is 0.942. The smallest absolute Gasteiger partial charge is 0.253 e. The zero-order chi connectivity index (χ0) is 22.4. The van der Waals surface area contributed by atoms with Gasteiger partial charge in [-0.05, 0) is 30.3 Å². The molecule has 4 N–H and O–H groups in total. The Labute approximate surface area is 180 Å². The molecule has 1 fully saturated rings. The predicted molar refractivity (Wildman–Crippen MR) is 116 cm³/mol. The van der Waals surface area contributed by atoms with Gasteiger partial charge in [0.2, 0.25) is 15.7 Å². The number of hydrogen-bond acceptors (Lipinski definition) is 7. The lowest BCUT2D eigenvalue weighted by Gasteiger charge is -2.34. The molecule has 0 unspecified atom stereocenters. The number of anilines is 1. The van der Waals surface area contributed by atoms with Gasteiger partial charge in [0.15, 0.2) is 5.84 Å². The Morgan fingerprint density at radius 1 is 1.10 bits per heavy atom. The normalized spacial score (nSPS) is 15.2. The van der Waals surface area contributed by atoms with Crippen molar-refractivity contribution in [3.63, 3.8) is 0 Å². The van der Waals surface area contributed by atoms with Gasteiger partial charge in [-0.25, -0.2) is 8.42 Å². The van der Waals surface area contributed by atoms with Crippen molar-refractivity contribution in [2.24, 2.45) is 10.8 Å². The largest absolute Gasteiger partial charge is 0.382 e. The number of carbonyl (C=O) groups excluding carboxylic acids is 1. The number of nitrogens with two attached hydrogens (primary N) is 1. The zero-order valence-electron chi connectivity index (χ0n) is 16.5. The highest BCUT2D eigenvalue weighted by molar-refractivity contribution is 7.89. The molecule has 0 atom stereocenters. The summed E-state index contributed by atoms with van der Waals surface area (Å²) < 4.78 is 27.4. The molecule has 0 aromatic heterocycles. The molecular formula is C20H21N7O3S. The molecule has 0 saturated carbocycles. The van der Waals surface area contributed by atoms with Crippen molar-refractivity contribution in [3.8, 4) is 6.07 Å². The van der Waals surface area contributed by atoms with Crippen LogP contribution in [0, 0.1) is 16.7 Å². The van der Waals surface area contributed by atoms with Crippen LogP contribution in [0.3, 0.4) is 0 Å². The minimum Gasteiger partial charge on any atom is -0.382 e. The Bertz CT molecular complexity index is 1150. The molecule has 1 saturated heterocycles. The Morgan fingerprint density at radius 2 is 1.77 bits per heavy atom. The number of carbonyl (C=O) groups is 1. The van der Waals surface area contributed by atoms with Gasteiger partial charge in [-0.1, -0.05) is 24.3 Å². The van der Waals surface area contributed by atoms with Crippen molar-refractivity contribution in [2.45, 2.75) is 4.90 Å². The van der Waals surface area contributed by atoms with Gasteiger partial charge in [-0.15, -0.1) is 0 Å². The SMILES string of the molecule is N#C/C(=N\Nc1cccc(S(=O)(=O)N2CCN(C(=O)c3ccccc3)CC2)c1)C(=N)N. The maximum atomic E-state index is 13.0. The van der Waals surface area contributed by atoms with Gasteiger partial charge in [-0.2, -0.15) is 14.7 Å². The van der Waals surface area contributed by atoms with Crippen LogP contribution in [0.2, 0.25) is 0 Å². The van der Waals surface area contributed by atoms with E-state index in [0.29, 0.717) is 24.3 Å². The highest BCUT2D eigenvalue weighted by Crippen LogP contribution is 2.21. The minimum absolute atomic E-state index is 0.0527. The molecule has 3 rings (SSSR count). The summed E-state index contributed by atoms with van der Waals surface area (Å²) in [5.41, 5.74) is 8.36. The Balaban J connectivity index is 1.70. The van der Waals surface area contributed by atoms with Crippen LogP contribution in [-0.4, -0.2) is 61.3 Å². The van der Waals surface area contributed by atoms with Gasteiger partial charge in [0.1, 0.15) is 6.07 Å². The molecule has 0 radical (unpaired) electrons. The summed E-state index contributed by atoms with van der Waals surface area (Å²) in [5, 5.41) is 19.8. The summed E-state index contributed by atoms with van der Waals surface area (Å²) in [6.07, 6.45) is 0. The quantitative estimate of drug-likeness (QED) is 0.347. The second kappa shape index (κ2) is 9.38. The van der Waals surface area contributed by atoms with Gasteiger partial charge in [-0.3, -0.25) is 15.6 Å². The molecule has 31 heavy (non-hydrogen) atoms. The molecule has 1 aliphatic rings. The molecule has 2 aromatic carbocycles. The van der Waals surface area contributed by atoms with E-state index in [1.165, 1.54) is 16.4 Å². The van der Waals surface area contributed by atoms with Gasteiger partial charge in [0, 0.05) is 31.7 Å². The van der Waals surface area contributed by atoms with Crippen LogP contribution < -0.4 is 11.2 Å². The summed E-state index contributed by atoms with van der Waals surface area (Å²) in [4.78, 5) is 14.3. The molecule has 1 heterocycles. The Kier molecular flexibility index (Phi) is 6.64. The van der Waals surface area contributed by atoms with Crippen LogP contribution in [-0.2, 0) is 10.0 Å². The monoisotopic (exact) mass is 439 g/mol. The molecule has 0 spiro atoms. The second-order valence-electron chi connectivity index (χ2n) is 6.69. The number of sulfonamides is 1. The first-order valence-corrected chi connectivity index (χ1v) is 10.8. The van der Waals surface area contributed by atoms with Crippen LogP contribution in [0.4, 0.5) is 5.69 Å². The standard InChI is InChI=1S/C20H21N7O3S/c21-14-18(19(22)23)25-24-16-7-4-8-17(13-16)31(29,30)27-11-9-26(10-12-27)20(28)15-5-2-1-3-6-15/h1-8,13,24H,9-12H2,(H3,22,23)/b25-18+. The molecular weight excluding hydrogens is 418 g/mol. The van der Waals surface area contributed by atoms with Crippen LogP contribution in [0.15, 0.2) is 64.6 Å². The number of amides is 1. The van der Waals surface area contributed by atoms with E-state index in [4.69, 9.17) is 16.4 Å². The van der Waals surface area contributed by atoms with Crippen molar-refractivity contribution in [3.05, 3.63) is 60.2 Å². The van der Waals surface area contributed by atoms with E-state index in [0.717, 1.165) is 0 Å². The molecule has 2 aromatic rings. The van der Waals surface area contributed by atoms with Crippen molar-refractivity contribution >= 4 is 33.2 Å². The molecule has 1 aliphatic heterocycles. The number of hydrogen-bond donors (Lipinski definition) is 3. The Hall–Kier alpha value is -3.75. The number of rotatable bonds is 6. The summed E-state index contributed by atoms with van der Waals surface area (Å²) in [7, 11) is -3.78. The third-order valence-electron chi connectivity index (χ3n) is 4.68. The molecule has 0 bridgehead atoms. The molecule has 160 valence electrons. The van der Waals surface area contributed by atoms with E-state index < -0.39 is 15.9 Å². The van der Waals surface area contributed by atoms with Crippen LogP contribution in [0.5, 0.6) is 0 Å². The molecule has 1 amide bonds. The Morgan fingerprint density at radius 3 is 2.39 bits per heavy atom. The van der Waals surface area contributed by atoms with Gasteiger partial charge < -0.3 is 10.6 Å². The highest BCUT2D eigenvalue weighted by Gasteiger charge is 2.30. The first-order valence-electron chi connectivity index (χ1n) is 9.35. The fourth-order valence-corrected chi connectivity index (χ4v) is 4.50. The number of amidine groups is 1. The average molecular weight is 440 g/mol. The van der Waals surface area contributed by atoms with Gasteiger partial charge >= 0.3 is 0 Å². The highest BCUT2D eigenvalue weighted by atomic mass is 32.2. The first kappa shape index (κ1) is 21.9. The number of nitriles is 1. The van der Waals surface area contributed by atoms with Crippen molar-refractivity contribution in [1.29, 1.82) is 10.7 Å². The van der Waals surface area contributed by atoms with Crippen LogP contribution in [0.25, 0.3) is 0 Å².